The number of rotatable bonds is 6. The summed E-state index contributed by atoms with van der Waals surface area (Å²) < 4.78 is 7.61. The maximum atomic E-state index is 12.4. The van der Waals surface area contributed by atoms with Crippen molar-refractivity contribution in [1.29, 1.82) is 0 Å². The molecular weight excluding hydrogens is 342 g/mol. The number of aromatic nitrogens is 4. The molecule has 7 heteroatoms. The van der Waals surface area contributed by atoms with Gasteiger partial charge in [0.25, 0.3) is 0 Å². The molecule has 2 aromatic heterocycles. The smallest absolute Gasteiger partial charge is 0.233 e. The summed E-state index contributed by atoms with van der Waals surface area (Å²) in [6.45, 7) is 1.54. The molecule has 0 unspecified atom stereocenters. The number of amides is 1. The highest BCUT2D eigenvalue weighted by Gasteiger charge is 2.25. The molecule has 1 saturated carbocycles. The van der Waals surface area contributed by atoms with Crippen LogP contribution in [0.3, 0.4) is 0 Å². The van der Waals surface area contributed by atoms with Gasteiger partial charge in [0.15, 0.2) is 5.82 Å². The van der Waals surface area contributed by atoms with E-state index in [4.69, 9.17) is 4.74 Å². The van der Waals surface area contributed by atoms with Crippen molar-refractivity contribution >= 4 is 5.91 Å². The molecular formula is C20H27N5O2. The van der Waals surface area contributed by atoms with Gasteiger partial charge >= 0.3 is 0 Å². The molecule has 0 spiro atoms. The van der Waals surface area contributed by atoms with Crippen molar-refractivity contribution in [3.8, 4) is 11.7 Å². The zero-order chi connectivity index (χ0) is 18.5. The Kier molecular flexibility index (Phi) is 5.65. The minimum absolute atomic E-state index is 0.0914. The molecule has 0 bridgehead atoms. The van der Waals surface area contributed by atoms with E-state index in [-0.39, 0.29) is 6.10 Å². The largest absolute Gasteiger partial charge is 0.473 e. The molecule has 27 heavy (non-hydrogen) atoms. The normalized spacial score (nSPS) is 18.7. The fourth-order valence-corrected chi connectivity index (χ4v) is 4.08. The Labute approximate surface area is 159 Å². The average Bonchev–Trinajstić information content (AvgIpc) is 3.41. The van der Waals surface area contributed by atoms with Gasteiger partial charge in [0, 0.05) is 50.8 Å². The Hall–Kier alpha value is -2.44. The number of ether oxygens (including phenoxy) is 1. The third-order valence-corrected chi connectivity index (χ3v) is 5.69. The molecule has 1 saturated heterocycles. The van der Waals surface area contributed by atoms with Crippen LogP contribution in [0, 0.1) is 5.92 Å². The van der Waals surface area contributed by atoms with Gasteiger partial charge in [0.2, 0.25) is 11.8 Å². The average molecular weight is 369 g/mol. The van der Waals surface area contributed by atoms with Crippen LogP contribution in [0.5, 0.6) is 5.88 Å². The van der Waals surface area contributed by atoms with Crippen LogP contribution in [-0.4, -0.2) is 50.0 Å². The second-order valence-corrected chi connectivity index (χ2v) is 7.57. The van der Waals surface area contributed by atoms with Crippen LogP contribution >= 0.6 is 0 Å². The van der Waals surface area contributed by atoms with E-state index in [2.05, 4.69) is 15.3 Å². The molecule has 1 amide bonds. The quantitative estimate of drug-likeness (QED) is 0.783. The summed E-state index contributed by atoms with van der Waals surface area (Å²) in [6.07, 6.45) is 12.4. The molecule has 2 aromatic rings. The van der Waals surface area contributed by atoms with E-state index >= 15 is 0 Å². The SMILES string of the molecule is O=C(CCC1CCCC1)N1CCC(Oc2ccc(-n3cccn3)nn2)CC1. The van der Waals surface area contributed by atoms with Crippen molar-refractivity contribution in [3.63, 3.8) is 0 Å². The molecule has 2 fully saturated rings. The predicted octanol–water partition coefficient (Wildman–Crippen LogP) is 3.00. The van der Waals surface area contributed by atoms with E-state index in [1.165, 1.54) is 25.7 Å². The number of carbonyl (C=O) groups is 1. The van der Waals surface area contributed by atoms with Crippen LogP contribution in [0.1, 0.15) is 51.4 Å². The van der Waals surface area contributed by atoms with E-state index in [1.807, 2.05) is 29.3 Å². The number of carbonyl (C=O) groups excluding carboxylic acids is 1. The van der Waals surface area contributed by atoms with E-state index in [9.17, 15) is 4.79 Å². The van der Waals surface area contributed by atoms with Gasteiger partial charge in [-0.15, -0.1) is 10.2 Å². The standard InChI is InChI=1S/C20H27N5O2/c26-20(9-6-16-4-1-2-5-16)24-14-10-17(11-15-24)27-19-8-7-18(22-23-19)25-13-3-12-21-25/h3,7-8,12-13,16-17H,1-2,4-6,9-11,14-15H2. The summed E-state index contributed by atoms with van der Waals surface area (Å²) in [4.78, 5) is 14.4. The van der Waals surface area contributed by atoms with Crippen molar-refractivity contribution < 1.29 is 9.53 Å². The minimum Gasteiger partial charge on any atom is -0.473 e. The summed E-state index contributed by atoms with van der Waals surface area (Å²) in [7, 11) is 0. The lowest BCUT2D eigenvalue weighted by molar-refractivity contribution is -0.133. The van der Waals surface area contributed by atoms with Gasteiger partial charge in [0.1, 0.15) is 6.10 Å². The molecule has 0 radical (unpaired) electrons. The van der Waals surface area contributed by atoms with Gasteiger partial charge < -0.3 is 9.64 Å². The third-order valence-electron chi connectivity index (χ3n) is 5.69. The molecule has 1 aliphatic carbocycles. The first-order valence-corrected chi connectivity index (χ1v) is 10.1. The summed E-state index contributed by atoms with van der Waals surface area (Å²) in [5.74, 6) is 2.27. The maximum absolute atomic E-state index is 12.4. The van der Waals surface area contributed by atoms with E-state index < -0.39 is 0 Å². The maximum Gasteiger partial charge on any atom is 0.233 e. The van der Waals surface area contributed by atoms with Crippen LogP contribution < -0.4 is 4.74 Å². The summed E-state index contributed by atoms with van der Waals surface area (Å²) in [6, 6.07) is 5.51. The molecule has 3 heterocycles. The predicted molar refractivity (Wildman–Crippen MR) is 101 cm³/mol. The monoisotopic (exact) mass is 369 g/mol. The van der Waals surface area contributed by atoms with E-state index in [0.29, 0.717) is 24.0 Å². The fraction of sp³-hybridized carbons (Fsp3) is 0.600. The first-order valence-electron chi connectivity index (χ1n) is 10.1. The van der Waals surface area contributed by atoms with Crippen LogP contribution in [0.2, 0.25) is 0 Å². The number of likely N-dealkylation sites (tertiary alicyclic amines) is 1. The second-order valence-electron chi connectivity index (χ2n) is 7.57. The minimum atomic E-state index is 0.0914. The topological polar surface area (TPSA) is 73.1 Å². The Morgan fingerprint density at radius 2 is 1.93 bits per heavy atom. The van der Waals surface area contributed by atoms with Crippen LogP contribution in [0.25, 0.3) is 5.82 Å². The van der Waals surface area contributed by atoms with Gasteiger partial charge in [-0.1, -0.05) is 25.7 Å². The lowest BCUT2D eigenvalue weighted by Crippen LogP contribution is -2.41. The highest BCUT2D eigenvalue weighted by Crippen LogP contribution is 2.29. The van der Waals surface area contributed by atoms with Crippen molar-refractivity contribution in [1.82, 2.24) is 24.9 Å². The summed E-state index contributed by atoms with van der Waals surface area (Å²) in [5, 5.41) is 12.4. The van der Waals surface area contributed by atoms with Gasteiger partial charge in [0.05, 0.1) is 0 Å². The molecule has 4 rings (SSSR count). The Morgan fingerprint density at radius 3 is 2.59 bits per heavy atom. The molecule has 0 N–H and O–H groups in total. The molecule has 0 atom stereocenters. The van der Waals surface area contributed by atoms with Gasteiger partial charge in [-0.3, -0.25) is 4.79 Å². The molecule has 1 aliphatic heterocycles. The van der Waals surface area contributed by atoms with E-state index in [0.717, 1.165) is 38.3 Å². The second kappa shape index (κ2) is 8.50. The number of hydrogen-bond acceptors (Lipinski definition) is 5. The van der Waals surface area contributed by atoms with E-state index in [1.54, 1.807) is 10.9 Å². The molecule has 7 nitrogen and oxygen atoms in total. The first kappa shape index (κ1) is 17.9. The number of nitrogens with zero attached hydrogens (tertiary/aromatic N) is 5. The lowest BCUT2D eigenvalue weighted by atomic mass is 10.0. The van der Waals surface area contributed by atoms with Gasteiger partial charge in [-0.25, -0.2) is 4.68 Å². The van der Waals surface area contributed by atoms with Crippen molar-refractivity contribution in [2.75, 3.05) is 13.1 Å². The summed E-state index contributed by atoms with van der Waals surface area (Å²) in [5.41, 5.74) is 0. The highest BCUT2D eigenvalue weighted by atomic mass is 16.5. The number of hydrogen-bond donors (Lipinski definition) is 0. The van der Waals surface area contributed by atoms with Crippen molar-refractivity contribution in [2.24, 2.45) is 5.92 Å². The van der Waals surface area contributed by atoms with Crippen LogP contribution in [0.15, 0.2) is 30.6 Å². The van der Waals surface area contributed by atoms with Gasteiger partial charge in [-0.2, -0.15) is 5.10 Å². The van der Waals surface area contributed by atoms with Crippen molar-refractivity contribution in [3.05, 3.63) is 30.6 Å². The Morgan fingerprint density at radius 1 is 1.11 bits per heavy atom. The zero-order valence-corrected chi connectivity index (χ0v) is 15.7. The number of piperidine rings is 1. The highest BCUT2D eigenvalue weighted by molar-refractivity contribution is 5.76. The lowest BCUT2D eigenvalue weighted by Gasteiger charge is -2.32. The molecule has 2 aliphatic rings. The van der Waals surface area contributed by atoms with Gasteiger partial charge in [-0.05, 0) is 24.5 Å². The Bertz CT molecular complexity index is 717. The van der Waals surface area contributed by atoms with Crippen LogP contribution in [0.4, 0.5) is 0 Å². The first-order chi connectivity index (χ1) is 13.3. The van der Waals surface area contributed by atoms with Crippen molar-refractivity contribution in [2.45, 2.75) is 57.5 Å². The molecule has 0 aromatic carbocycles. The Balaban J connectivity index is 1.21. The third kappa shape index (κ3) is 4.64. The summed E-state index contributed by atoms with van der Waals surface area (Å²) >= 11 is 0. The zero-order valence-electron chi connectivity index (χ0n) is 15.7. The fourth-order valence-electron chi connectivity index (χ4n) is 4.08. The van der Waals surface area contributed by atoms with Crippen LogP contribution in [-0.2, 0) is 4.79 Å². The molecule has 144 valence electrons.